The fraction of sp³-hybridized carbons (Fsp3) is 0.231. The number of aromatic nitrogens is 3. The first-order valence-corrected chi connectivity index (χ1v) is 11.2. The molecule has 5 rings (SSSR count). The number of carbonyl (C=O) groups excluding carboxylic acids is 2. The van der Waals surface area contributed by atoms with Crippen LogP contribution in [0.4, 0.5) is 5.69 Å². The summed E-state index contributed by atoms with van der Waals surface area (Å²) in [5.74, 6) is -0.0864. The molecule has 0 spiro atoms. The molecule has 1 aromatic carbocycles. The first-order valence-electron chi connectivity index (χ1n) is 11.2. The van der Waals surface area contributed by atoms with E-state index in [-0.39, 0.29) is 11.8 Å². The third kappa shape index (κ3) is 4.22. The lowest BCUT2D eigenvalue weighted by molar-refractivity contribution is 0.0533. The Labute approximate surface area is 197 Å². The van der Waals surface area contributed by atoms with Crippen LogP contribution in [0.15, 0.2) is 67.1 Å². The molecule has 0 atom stereocenters. The number of hydrogen-bond acceptors (Lipinski definition) is 5. The van der Waals surface area contributed by atoms with Crippen molar-refractivity contribution < 1.29 is 9.59 Å². The van der Waals surface area contributed by atoms with Crippen LogP contribution < -0.4 is 4.90 Å². The maximum Gasteiger partial charge on any atom is 0.270 e. The van der Waals surface area contributed by atoms with Gasteiger partial charge in [0.05, 0.1) is 11.9 Å². The number of hydrogen-bond donors (Lipinski definition) is 1. The van der Waals surface area contributed by atoms with Crippen LogP contribution in [-0.2, 0) is 0 Å². The summed E-state index contributed by atoms with van der Waals surface area (Å²) in [7, 11) is 3.96. The van der Waals surface area contributed by atoms with E-state index in [9.17, 15) is 9.59 Å². The van der Waals surface area contributed by atoms with Crippen LogP contribution >= 0.6 is 0 Å². The molecule has 0 aliphatic carbocycles. The zero-order valence-corrected chi connectivity index (χ0v) is 19.2. The first kappa shape index (κ1) is 21.6. The van der Waals surface area contributed by atoms with Crippen LogP contribution in [0, 0.1) is 0 Å². The molecule has 1 fully saturated rings. The molecule has 34 heavy (non-hydrogen) atoms. The van der Waals surface area contributed by atoms with Crippen LogP contribution in [0.1, 0.15) is 20.8 Å². The number of fused-ring (bicyclic) bond motifs is 1. The summed E-state index contributed by atoms with van der Waals surface area (Å²) in [6.07, 6.45) is 5.34. The van der Waals surface area contributed by atoms with Crippen molar-refractivity contribution in [3.8, 4) is 11.1 Å². The van der Waals surface area contributed by atoms with Gasteiger partial charge in [-0.2, -0.15) is 0 Å². The number of amides is 2. The number of nitrogens with one attached hydrogen (secondary N) is 1. The van der Waals surface area contributed by atoms with Crippen molar-refractivity contribution in [2.45, 2.75) is 0 Å². The molecular weight excluding hydrogens is 428 g/mol. The van der Waals surface area contributed by atoms with Crippen molar-refractivity contribution in [3.05, 3.63) is 78.4 Å². The van der Waals surface area contributed by atoms with Gasteiger partial charge in [0, 0.05) is 69.2 Å². The van der Waals surface area contributed by atoms with E-state index >= 15 is 0 Å². The SMILES string of the molecule is CN(C)c1cncc(-c2ccc(C(=O)N3CCN(C(=O)c4cc5cccnc5[nH]4)CC3)cc2)c1. The number of nitrogens with zero attached hydrogens (tertiary/aromatic N) is 5. The molecule has 0 radical (unpaired) electrons. The van der Waals surface area contributed by atoms with Crippen molar-refractivity contribution in [1.82, 2.24) is 24.8 Å². The van der Waals surface area contributed by atoms with E-state index in [0.29, 0.717) is 43.1 Å². The van der Waals surface area contributed by atoms with E-state index in [1.807, 2.05) is 73.9 Å². The van der Waals surface area contributed by atoms with Crippen molar-refractivity contribution in [2.24, 2.45) is 0 Å². The van der Waals surface area contributed by atoms with E-state index in [1.54, 1.807) is 16.0 Å². The largest absolute Gasteiger partial charge is 0.376 e. The molecule has 1 saturated heterocycles. The zero-order chi connectivity index (χ0) is 23.7. The maximum atomic E-state index is 13.0. The smallest absolute Gasteiger partial charge is 0.270 e. The summed E-state index contributed by atoms with van der Waals surface area (Å²) in [5.41, 5.74) is 4.90. The molecule has 1 aliphatic heterocycles. The van der Waals surface area contributed by atoms with Gasteiger partial charge >= 0.3 is 0 Å². The predicted molar refractivity (Wildman–Crippen MR) is 132 cm³/mol. The van der Waals surface area contributed by atoms with Crippen molar-refractivity contribution in [3.63, 3.8) is 0 Å². The highest BCUT2D eigenvalue weighted by molar-refractivity contribution is 5.98. The van der Waals surface area contributed by atoms with E-state index in [2.05, 4.69) is 21.0 Å². The summed E-state index contributed by atoms with van der Waals surface area (Å²) in [6.45, 7) is 1.99. The van der Waals surface area contributed by atoms with Crippen LogP contribution in [-0.4, -0.2) is 76.8 Å². The number of H-pyrrole nitrogens is 1. The first-order chi connectivity index (χ1) is 16.5. The summed E-state index contributed by atoms with van der Waals surface area (Å²) in [6, 6.07) is 15.3. The second kappa shape index (κ2) is 8.97. The van der Waals surface area contributed by atoms with Crippen LogP contribution in [0.5, 0.6) is 0 Å². The van der Waals surface area contributed by atoms with Gasteiger partial charge in [-0.1, -0.05) is 12.1 Å². The molecule has 0 saturated carbocycles. The normalized spacial score (nSPS) is 13.8. The van der Waals surface area contributed by atoms with Crippen molar-refractivity contribution in [1.29, 1.82) is 0 Å². The number of pyridine rings is 2. The van der Waals surface area contributed by atoms with Crippen LogP contribution in [0.2, 0.25) is 0 Å². The third-order valence-corrected chi connectivity index (χ3v) is 6.18. The molecular formula is C26H26N6O2. The summed E-state index contributed by atoms with van der Waals surface area (Å²) in [4.78, 5) is 43.2. The molecule has 4 aromatic rings. The maximum absolute atomic E-state index is 13.0. The van der Waals surface area contributed by atoms with Crippen LogP contribution in [0.25, 0.3) is 22.2 Å². The number of aromatic amines is 1. The molecule has 8 nitrogen and oxygen atoms in total. The number of carbonyl (C=O) groups is 2. The third-order valence-electron chi connectivity index (χ3n) is 6.18. The highest BCUT2D eigenvalue weighted by Gasteiger charge is 2.26. The Kier molecular flexibility index (Phi) is 5.71. The Hall–Kier alpha value is -4.20. The van der Waals surface area contributed by atoms with Gasteiger partial charge in [-0.3, -0.25) is 14.6 Å². The molecule has 4 heterocycles. The lowest BCUT2D eigenvalue weighted by Crippen LogP contribution is -2.50. The molecule has 0 bridgehead atoms. The van der Waals surface area contributed by atoms with Gasteiger partial charge in [0.15, 0.2) is 0 Å². The lowest BCUT2D eigenvalue weighted by atomic mass is 10.0. The second-order valence-corrected chi connectivity index (χ2v) is 8.61. The van der Waals surface area contributed by atoms with Gasteiger partial charge in [0.1, 0.15) is 11.3 Å². The topological polar surface area (TPSA) is 85.4 Å². The minimum Gasteiger partial charge on any atom is -0.376 e. The molecule has 3 aromatic heterocycles. The van der Waals surface area contributed by atoms with Gasteiger partial charge in [-0.15, -0.1) is 0 Å². The van der Waals surface area contributed by atoms with Crippen LogP contribution in [0.3, 0.4) is 0 Å². The average Bonchev–Trinajstić information content (AvgIpc) is 3.32. The monoisotopic (exact) mass is 454 g/mol. The van der Waals surface area contributed by atoms with Crippen molar-refractivity contribution in [2.75, 3.05) is 45.2 Å². The number of benzene rings is 1. The fourth-order valence-corrected chi connectivity index (χ4v) is 4.17. The van der Waals surface area contributed by atoms with Gasteiger partial charge in [-0.05, 0) is 42.0 Å². The predicted octanol–water partition coefficient (Wildman–Crippen LogP) is 3.29. The van der Waals surface area contributed by atoms with Gasteiger partial charge in [-0.25, -0.2) is 4.98 Å². The molecule has 172 valence electrons. The average molecular weight is 455 g/mol. The van der Waals surface area contributed by atoms with E-state index < -0.39 is 0 Å². The minimum absolute atomic E-state index is 0.0198. The van der Waals surface area contributed by atoms with E-state index in [1.165, 1.54) is 0 Å². The van der Waals surface area contributed by atoms with E-state index in [0.717, 1.165) is 22.2 Å². The number of rotatable bonds is 4. The van der Waals surface area contributed by atoms with Gasteiger partial charge in [0.2, 0.25) is 0 Å². The lowest BCUT2D eigenvalue weighted by Gasteiger charge is -2.34. The molecule has 1 N–H and O–H groups in total. The standard InChI is InChI=1S/C26H26N6O2/c1-30(2)22-14-21(16-27-17-22)18-5-7-19(8-6-18)25(33)31-10-12-32(13-11-31)26(34)23-15-20-4-3-9-28-24(20)29-23/h3-9,14-17H,10-13H2,1-2H3,(H,28,29). The minimum atomic E-state index is -0.0667. The Bertz CT molecular complexity index is 1300. The molecule has 8 heteroatoms. The Morgan fingerprint density at radius 2 is 1.59 bits per heavy atom. The van der Waals surface area contributed by atoms with E-state index in [4.69, 9.17) is 0 Å². The highest BCUT2D eigenvalue weighted by atomic mass is 16.2. The zero-order valence-electron chi connectivity index (χ0n) is 19.2. The Morgan fingerprint density at radius 1 is 0.882 bits per heavy atom. The number of anilines is 1. The van der Waals surface area contributed by atoms with Gasteiger partial charge in [0.25, 0.3) is 11.8 Å². The molecule has 1 aliphatic rings. The summed E-state index contributed by atoms with van der Waals surface area (Å²) in [5, 5.41) is 0.910. The quantitative estimate of drug-likeness (QED) is 0.512. The Morgan fingerprint density at radius 3 is 2.26 bits per heavy atom. The van der Waals surface area contributed by atoms with Crippen molar-refractivity contribution >= 4 is 28.5 Å². The number of piperazine rings is 1. The Balaban J connectivity index is 1.22. The highest BCUT2D eigenvalue weighted by Crippen LogP contribution is 2.23. The molecule has 0 unspecified atom stereocenters. The second-order valence-electron chi connectivity index (χ2n) is 8.61. The van der Waals surface area contributed by atoms with Gasteiger partial charge < -0.3 is 19.7 Å². The molecule has 2 amide bonds. The fourth-order valence-electron chi connectivity index (χ4n) is 4.17. The summed E-state index contributed by atoms with van der Waals surface area (Å²) >= 11 is 0. The summed E-state index contributed by atoms with van der Waals surface area (Å²) < 4.78 is 0.